The highest BCUT2D eigenvalue weighted by molar-refractivity contribution is 7.09. The highest BCUT2D eigenvalue weighted by Gasteiger charge is 2.33. The molecule has 0 fully saturated rings. The average molecular weight is 465 g/mol. The lowest BCUT2D eigenvalue weighted by Crippen LogP contribution is -2.37. The predicted octanol–water partition coefficient (Wildman–Crippen LogP) is 5.04. The number of hydrogen-bond donors (Lipinski definition) is 1. The van der Waals surface area contributed by atoms with Gasteiger partial charge >= 0.3 is 0 Å². The van der Waals surface area contributed by atoms with E-state index in [2.05, 4.69) is 90.5 Å². The number of hydrogen-bond acceptors (Lipinski definition) is 6. The fraction of sp³-hybridized carbons (Fsp3) is 0.440. The van der Waals surface area contributed by atoms with Crippen LogP contribution in [0.2, 0.25) is 0 Å². The van der Waals surface area contributed by atoms with Gasteiger partial charge in [0.15, 0.2) is 5.82 Å². The Morgan fingerprint density at radius 1 is 1.15 bits per heavy atom. The van der Waals surface area contributed by atoms with Gasteiger partial charge < -0.3 is 4.98 Å². The number of H-pyrrole nitrogens is 1. The molecule has 0 aliphatic rings. The predicted molar refractivity (Wildman–Crippen MR) is 133 cm³/mol. The maximum absolute atomic E-state index is 13.0. The van der Waals surface area contributed by atoms with E-state index in [0.29, 0.717) is 13.1 Å². The van der Waals surface area contributed by atoms with Crippen LogP contribution in [0.4, 0.5) is 0 Å². The molecule has 0 radical (unpaired) electrons. The molecule has 174 valence electrons. The highest BCUT2D eigenvalue weighted by Crippen LogP contribution is 2.32. The van der Waals surface area contributed by atoms with Crippen molar-refractivity contribution in [1.82, 2.24) is 30.1 Å². The van der Waals surface area contributed by atoms with Crippen molar-refractivity contribution >= 4 is 22.2 Å². The maximum Gasteiger partial charge on any atom is 0.252 e. The Morgan fingerprint density at radius 2 is 1.94 bits per heavy atom. The van der Waals surface area contributed by atoms with E-state index in [1.165, 1.54) is 10.4 Å². The van der Waals surface area contributed by atoms with Crippen molar-refractivity contribution in [2.24, 2.45) is 5.92 Å². The molecule has 1 atom stereocenters. The summed E-state index contributed by atoms with van der Waals surface area (Å²) in [5.74, 6) is 1.06. The van der Waals surface area contributed by atoms with Gasteiger partial charge in [-0.3, -0.25) is 9.69 Å². The number of aromatic amines is 1. The van der Waals surface area contributed by atoms with Crippen LogP contribution in [0.1, 0.15) is 62.5 Å². The van der Waals surface area contributed by atoms with Crippen LogP contribution in [0.5, 0.6) is 0 Å². The van der Waals surface area contributed by atoms with E-state index in [9.17, 15) is 4.79 Å². The van der Waals surface area contributed by atoms with Crippen LogP contribution >= 0.6 is 11.3 Å². The molecule has 7 nitrogen and oxygen atoms in total. The molecular formula is C25H32N6OS. The number of rotatable bonds is 7. The third-order valence-electron chi connectivity index (χ3n) is 5.81. The number of thiophene rings is 1. The number of nitrogens with one attached hydrogen (secondary N) is 1. The van der Waals surface area contributed by atoms with Crippen molar-refractivity contribution in [3.63, 3.8) is 0 Å². The summed E-state index contributed by atoms with van der Waals surface area (Å²) in [6.07, 6.45) is 0. The number of benzene rings is 1. The first-order valence-electron chi connectivity index (χ1n) is 11.3. The summed E-state index contributed by atoms with van der Waals surface area (Å²) in [6, 6.07) is 12.2. The summed E-state index contributed by atoms with van der Waals surface area (Å²) in [5.41, 5.74) is 2.46. The second-order valence-electron chi connectivity index (χ2n) is 10.0. The molecule has 0 amide bonds. The molecule has 0 saturated heterocycles. The van der Waals surface area contributed by atoms with Crippen LogP contribution in [0.15, 0.2) is 46.6 Å². The van der Waals surface area contributed by atoms with Crippen molar-refractivity contribution < 1.29 is 0 Å². The number of nitrogens with zero attached hydrogens (tertiary/aromatic N) is 5. The van der Waals surface area contributed by atoms with E-state index >= 15 is 0 Å². The van der Waals surface area contributed by atoms with Gasteiger partial charge in [-0.15, -0.1) is 16.4 Å². The van der Waals surface area contributed by atoms with Crippen molar-refractivity contribution in [2.75, 3.05) is 0 Å². The summed E-state index contributed by atoms with van der Waals surface area (Å²) < 4.78 is 1.91. The topological polar surface area (TPSA) is 79.7 Å². The Hall–Kier alpha value is -2.84. The third kappa shape index (κ3) is 5.07. The minimum atomic E-state index is -0.251. The van der Waals surface area contributed by atoms with Crippen molar-refractivity contribution in [3.05, 3.63) is 74.0 Å². The normalized spacial score (nSPS) is 13.3. The van der Waals surface area contributed by atoms with Gasteiger partial charge in [-0.05, 0) is 79.1 Å². The Bertz CT molecular complexity index is 1280. The lowest BCUT2D eigenvalue weighted by atomic mass is 9.99. The van der Waals surface area contributed by atoms with Crippen LogP contribution < -0.4 is 5.56 Å². The molecule has 0 unspecified atom stereocenters. The molecule has 1 aromatic carbocycles. The molecule has 4 aromatic rings. The van der Waals surface area contributed by atoms with Crippen molar-refractivity contribution in [2.45, 2.75) is 66.2 Å². The molecule has 3 heterocycles. The summed E-state index contributed by atoms with van der Waals surface area (Å²) >= 11 is 1.72. The second kappa shape index (κ2) is 9.19. The molecule has 33 heavy (non-hydrogen) atoms. The number of fused-ring (bicyclic) bond motifs is 1. The lowest BCUT2D eigenvalue weighted by Gasteiger charge is -2.34. The Kier molecular flexibility index (Phi) is 6.50. The van der Waals surface area contributed by atoms with Gasteiger partial charge in [0.05, 0.1) is 11.6 Å². The molecule has 3 aromatic heterocycles. The van der Waals surface area contributed by atoms with E-state index in [-0.39, 0.29) is 23.1 Å². The van der Waals surface area contributed by atoms with Gasteiger partial charge in [0, 0.05) is 29.0 Å². The molecule has 0 aliphatic carbocycles. The zero-order valence-corrected chi connectivity index (χ0v) is 21.0. The van der Waals surface area contributed by atoms with Crippen LogP contribution in [-0.4, -0.2) is 30.1 Å². The fourth-order valence-corrected chi connectivity index (χ4v) is 5.03. The molecule has 8 heteroatoms. The van der Waals surface area contributed by atoms with Crippen LogP contribution in [-0.2, 0) is 18.6 Å². The Balaban J connectivity index is 1.79. The van der Waals surface area contributed by atoms with Crippen LogP contribution in [0.3, 0.4) is 0 Å². The first-order valence-corrected chi connectivity index (χ1v) is 12.2. The number of aromatic nitrogens is 5. The van der Waals surface area contributed by atoms with Gasteiger partial charge in [-0.2, -0.15) is 0 Å². The Morgan fingerprint density at radius 3 is 2.61 bits per heavy atom. The average Bonchev–Trinajstić information content (AvgIpc) is 3.40. The maximum atomic E-state index is 13.0. The first-order chi connectivity index (χ1) is 15.6. The first kappa shape index (κ1) is 23.3. The quantitative estimate of drug-likeness (QED) is 0.414. The van der Waals surface area contributed by atoms with E-state index in [0.717, 1.165) is 22.3 Å². The standard InChI is InChI=1S/C25H32N6OS/c1-16(2)22(23-27-28-29-31(23)25(4,5)6)30(15-20-8-7-11-33-20)14-19-13-18-12-17(3)9-10-21(18)26-24(19)32/h7-13,16,22H,14-15H2,1-6H3,(H,26,32)/t22-/m0/s1. The molecule has 4 rings (SSSR count). The zero-order valence-electron chi connectivity index (χ0n) is 20.2. The van der Waals surface area contributed by atoms with Crippen molar-refractivity contribution in [3.8, 4) is 0 Å². The van der Waals surface area contributed by atoms with E-state index in [4.69, 9.17) is 0 Å². The zero-order chi connectivity index (χ0) is 23.8. The summed E-state index contributed by atoms with van der Waals surface area (Å²) in [6.45, 7) is 13.9. The highest BCUT2D eigenvalue weighted by atomic mass is 32.1. The van der Waals surface area contributed by atoms with Gasteiger partial charge in [0.1, 0.15) is 0 Å². The van der Waals surface area contributed by atoms with E-state index in [1.54, 1.807) is 11.3 Å². The fourth-order valence-electron chi connectivity index (χ4n) is 4.30. The SMILES string of the molecule is Cc1ccc2[nH]c(=O)c(CN(Cc3cccs3)[C@H](c3nnnn3C(C)(C)C)C(C)C)cc2c1. The van der Waals surface area contributed by atoms with Crippen LogP contribution in [0, 0.1) is 12.8 Å². The van der Waals surface area contributed by atoms with Gasteiger partial charge in [0.25, 0.3) is 5.56 Å². The number of pyridine rings is 1. The molecular weight excluding hydrogens is 432 g/mol. The number of aryl methyl sites for hydroxylation is 1. The van der Waals surface area contributed by atoms with E-state index in [1.807, 2.05) is 22.9 Å². The monoisotopic (exact) mass is 464 g/mol. The molecule has 0 spiro atoms. The van der Waals surface area contributed by atoms with Gasteiger partial charge in [-0.1, -0.05) is 31.5 Å². The summed E-state index contributed by atoms with van der Waals surface area (Å²) in [5, 5.41) is 15.9. The van der Waals surface area contributed by atoms with Crippen LogP contribution in [0.25, 0.3) is 10.9 Å². The number of tetrazole rings is 1. The Labute approximate surface area is 198 Å². The smallest absolute Gasteiger partial charge is 0.252 e. The molecule has 0 bridgehead atoms. The van der Waals surface area contributed by atoms with Gasteiger partial charge in [-0.25, -0.2) is 4.68 Å². The summed E-state index contributed by atoms with van der Waals surface area (Å²) in [4.78, 5) is 19.7. The minimum absolute atomic E-state index is 0.0551. The van der Waals surface area contributed by atoms with Crippen molar-refractivity contribution in [1.29, 1.82) is 0 Å². The molecule has 0 saturated carbocycles. The molecule has 1 N–H and O–H groups in total. The third-order valence-corrected chi connectivity index (χ3v) is 6.67. The minimum Gasteiger partial charge on any atom is -0.322 e. The van der Waals surface area contributed by atoms with Gasteiger partial charge in [0.2, 0.25) is 0 Å². The largest absolute Gasteiger partial charge is 0.322 e. The van der Waals surface area contributed by atoms with E-state index < -0.39 is 0 Å². The second-order valence-corrected chi connectivity index (χ2v) is 11.0. The summed E-state index contributed by atoms with van der Waals surface area (Å²) in [7, 11) is 0. The lowest BCUT2D eigenvalue weighted by molar-refractivity contribution is 0.121. The molecule has 0 aliphatic heterocycles.